The molecule has 0 aliphatic carbocycles. The van der Waals surface area contributed by atoms with E-state index in [9.17, 15) is 5.26 Å². The highest BCUT2D eigenvalue weighted by molar-refractivity contribution is 6.14. The predicted molar refractivity (Wildman–Crippen MR) is 156 cm³/mol. The number of nitrogens with zero attached hydrogens (tertiary/aromatic N) is 2. The summed E-state index contributed by atoms with van der Waals surface area (Å²) in [5.74, 6) is -0.595. The first-order valence-corrected chi connectivity index (χ1v) is 13.0. The third kappa shape index (κ3) is 4.25. The highest BCUT2D eigenvalue weighted by Gasteiger charge is 2.26. The van der Waals surface area contributed by atoms with Crippen LogP contribution in [0.2, 0.25) is 0 Å². The van der Waals surface area contributed by atoms with E-state index in [2.05, 4.69) is 18.2 Å². The Balaban J connectivity index is 1.67. The molecule has 2 aromatic heterocycles. The van der Waals surface area contributed by atoms with E-state index in [0.717, 1.165) is 43.8 Å². The van der Waals surface area contributed by atoms with Crippen LogP contribution in [0.15, 0.2) is 83.4 Å². The van der Waals surface area contributed by atoms with Crippen LogP contribution in [0.1, 0.15) is 40.2 Å². The molecule has 4 heteroatoms. The summed E-state index contributed by atoms with van der Waals surface area (Å²) in [6.07, 6.45) is -0.579. The number of rotatable bonds is 3. The zero-order chi connectivity index (χ0) is 29.3. The molecule has 192 valence electrons. The summed E-state index contributed by atoms with van der Waals surface area (Å²) in [5, 5.41) is 14.0. The predicted octanol–water partition coefficient (Wildman–Crippen LogP) is 8.81. The molecule has 0 amide bonds. The minimum absolute atomic E-state index is 0.00855. The molecule has 0 aliphatic heterocycles. The van der Waals surface area contributed by atoms with Gasteiger partial charge >= 0.3 is 0 Å². The highest BCUT2D eigenvalue weighted by atomic mass is 19.1. The zero-order valence-electron chi connectivity index (χ0n) is 24.7. The molecule has 2 heterocycles. The van der Waals surface area contributed by atoms with Crippen molar-refractivity contribution in [2.24, 2.45) is 12.5 Å². The van der Waals surface area contributed by atoms with Gasteiger partial charge in [-0.25, -0.2) is 4.39 Å². The number of nitriles is 1. The lowest BCUT2D eigenvalue weighted by Gasteiger charge is -2.18. The van der Waals surface area contributed by atoms with E-state index in [0.29, 0.717) is 22.4 Å². The lowest BCUT2D eigenvalue weighted by atomic mass is 9.87. The van der Waals surface area contributed by atoms with Gasteiger partial charge in [0.15, 0.2) is 5.82 Å². The number of aromatic nitrogens is 1. The second-order valence-electron chi connectivity index (χ2n) is 11.2. The Hall–Kier alpha value is -4.49. The molecule has 0 spiro atoms. The van der Waals surface area contributed by atoms with Crippen LogP contribution in [0.5, 0.6) is 0 Å². The summed E-state index contributed by atoms with van der Waals surface area (Å²) in [6, 6.07) is 25.9. The summed E-state index contributed by atoms with van der Waals surface area (Å²) in [6.45, 7) is 7.27. The van der Waals surface area contributed by atoms with Crippen molar-refractivity contribution in [3.63, 3.8) is 0 Å². The van der Waals surface area contributed by atoms with Crippen molar-refractivity contribution in [2.45, 2.75) is 34.1 Å². The maximum Gasteiger partial charge on any atom is 0.216 e. The fraction of sp³-hybridized carbons (Fsp3) is 0.200. The summed E-state index contributed by atoms with van der Waals surface area (Å²) in [4.78, 5) is 0. The summed E-state index contributed by atoms with van der Waals surface area (Å²) in [5.41, 5.74) is 4.84. The Morgan fingerprint density at radius 3 is 2.33 bits per heavy atom. The number of benzene rings is 4. The van der Waals surface area contributed by atoms with Crippen LogP contribution in [-0.2, 0) is 13.4 Å². The maximum atomic E-state index is 15.3. The van der Waals surface area contributed by atoms with Gasteiger partial charge in [0.25, 0.3) is 0 Å². The van der Waals surface area contributed by atoms with Crippen LogP contribution in [0, 0.1) is 29.5 Å². The van der Waals surface area contributed by atoms with Gasteiger partial charge in [0.2, 0.25) is 11.9 Å². The molecule has 0 atom stereocenters. The number of hydrogen-bond acceptors (Lipinski definition) is 2. The average Bonchev–Trinajstić information content (AvgIpc) is 3.30. The average molecular weight is 516 g/mol. The van der Waals surface area contributed by atoms with Crippen molar-refractivity contribution in [3.05, 3.63) is 102 Å². The molecule has 0 unspecified atom stereocenters. The summed E-state index contributed by atoms with van der Waals surface area (Å²) >= 11 is 0. The van der Waals surface area contributed by atoms with Crippen LogP contribution < -0.4 is 4.57 Å². The van der Waals surface area contributed by atoms with Crippen LogP contribution in [0.4, 0.5) is 4.39 Å². The van der Waals surface area contributed by atoms with Crippen LogP contribution in [-0.4, -0.2) is 0 Å². The second kappa shape index (κ2) is 9.06. The van der Waals surface area contributed by atoms with E-state index in [-0.39, 0.29) is 5.56 Å². The van der Waals surface area contributed by atoms with Crippen LogP contribution in [0.25, 0.3) is 55.1 Å². The number of aryl methyl sites for hydroxylation is 2. The summed E-state index contributed by atoms with van der Waals surface area (Å²) in [7, 11) is 1.75. The molecule has 0 saturated carbocycles. The monoisotopic (exact) mass is 515 g/mol. The Kier molecular flexibility index (Phi) is 5.23. The number of fused-ring (bicyclic) bond motifs is 4. The smallest absolute Gasteiger partial charge is 0.216 e. The molecule has 0 aliphatic rings. The molecule has 6 rings (SSSR count). The lowest BCUT2D eigenvalue weighted by Crippen LogP contribution is -2.32. The minimum atomic E-state index is -1.92. The van der Waals surface area contributed by atoms with Gasteiger partial charge in [0, 0.05) is 30.7 Å². The molecule has 4 aromatic carbocycles. The minimum Gasteiger partial charge on any atom is -0.454 e. The van der Waals surface area contributed by atoms with Crippen molar-refractivity contribution in [3.8, 4) is 28.5 Å². The standard InChI is InChI=1S/C35H30FN2O/c1-21-10-14-27-28-15-13-25(19-37)32(24-12-11-22-8-6-7-9-23(22)16-24)34(28)39-33(27)31(21)30-17-26(18-35(2,3)4)29(36)20-38(30)5/h6-17,20H,18H2,1-5H3/q+1/i18D2. The zero-order valence-corrected chi connectivity index (χ0v) is 22.7. The van der Waals surface area contributed by atoms with Gasteiger partial charge in [0.1, 0.15) is 18.2 Å². The number of halogens is 1. The Morgan fingerprint density at radius 2 is 1.62 bits per heavy atom. The number of hydrogen-bond donors (Lipinski definition) is 0. The van der Waals surface area contributed by atoms with Crippen molar-refractivity contribution in [1.29, 1.82) is 5.26 Å². The van der Waals surface area contributed by atoms with E-state index < -0.39 is 17.6 Å². The van der Waals surface area contributed by atoms with Gasteiger partial charge < -0.3 is 4.42 Å². The van der Waals surface area contributed by atoms with E-state index in [4.69, 9.17) is 7.16 Å². The lowest BCUT2D eigenvalue weighted by molar-refractivity contribution is -0.662. The molecule has 0 saturated heterocycles. The Morgan fingerprint density at radius 1 is 0.923 bits per heavy atom. The fourth-order valence-corrected chi connectivity index (χ4v) is 5.41. The molecular weight excluding hydrogens is 483 g/mol. The molecule has 0 bridgehead atoms. The van der Waals surface area contributed by atoms with Gasteiger partial charge in [-0.2, -0.15) is 9.83 Å². The SMILES string of the molecule is [2H]C([2H])(c1cc(-c2c(C)ccc3c2oc2c(-c4ccc5ccccc5c4)c(C#N)ccc23)[n+](C)cc1F)C(C)(C)C. The largest absolute Gasteiger partial charge is 0.454 e. The highest BCUT2D eigenvalue weighted by Crippen LogP contribution is 2.42. The first-order chi connectivity index (χ1) is 19.4. The third-order valence-electron chi connectivity index (χ3n) is 7.17. The van der Waals surface area contributed by atoms with Crippen molar-refractivity contribution in [2.75, 3.05) is 0 Å². The molecule has 0 radical (unpaired) electrons. The maximum absolute atomic E-state index is 15.3. The van der Waals surface area contributed by atoms with Crippen molar-refractivity contribution < 1.29 is 16.1 Å². The van der Waals surface area contributed by atoms with E-state index in [1.54, 1.807) is 38.5 Å². The van der Waals surface area contributed by atoms with E-state index in [1.165, 1.54) is 6.20 Å². The van der Waals surface area contributed by atoms with Gasteiger partial charge in [-0.15, -0.1) is 0 Å². The van der Waals surface area contributed by atoms with Gasteiger partial charge in [-0.1, -0.05) is 69.3 Å². The summed E-state index contributed by atoms with van der Waals surface area (Å²) < 4.78 is 41.2. The molecule has 0 N–H and O–H groups in total. The normalized spacial score (nSPS) is 13.1. The molecule has 6 aromatic rings. The first kappa shape index (κ1) is 22.5. The van der Waals surface area contributed by atoms with E-state index >= 15 is 4.39 Å². The molecule has 39 heavy (non-hydrogen) atoms. The molecule has 0 fully saturated rings. The second-order valence-corrected chi connectivity index (χ2v) is 11.2. The quantitative estimate of drug-likeness (QED) is 0.221. The number of furan rings is 1. The van der Waals surface area contributed by atoms with E-state index in [1.807, 2.05) is 61.5 Å². The van der Waals surface area contributed by atoms with Gasteiger partial charge in [-0.3, -0.25) is 0 Å². The van der Waals surface area contributed by atoms with Gasteiger partial charge in [0.05, 0.1) is 17.2 Å². The Bertz CT molecular complexity index is 2060. The van der Waals surface area contributed by atoms with Gasteiger partial charge in [-0.05, 0) is 58.8 Å². The van der Waals surface area contributed by atoms with Crippen LogP contribution >= 0.6 is 0 Å². The van der Waals surface area contributed by atoms with Crippen molar-refractivity contribution in [1.82, 2.24) is 0 Å². The number of pyridine rings is 1. The van der Waals surface area contributed by atoms with Crippen LogP contribution in [0.3, 0.4) is 0 Å². The fourth-order valence-electron chi connectivity index (χ4n) is 5.41. The first-order valence-electron chi connectivity index (χ1n) is 14.0. The topological polar surface area (TPSA) is 40.8 Å². The molecule has 3 nitrogen and oxygen atoms in total. The molecular formula is C35H30FN2O+. The Labute approximate surface area is 230 Å². The van der Waals surface area contributed by atoms with Crippen molar-refractivity contribution >= 4 is 32.7 Å². The third-order valence-corrected chi connectivity index (χ3v) is 7.17.